The molecule has 0 aromatic carbocycles. The van der Waals surface area contributed by atoms with Gasteiger partial charge in [0, 0.05) is 5.54 Å². The minimum Gasteiger partial charge on any atom is -0.480 e. The first-order valence-corrected chi connectivity index (χ1v) is 4.52. The molecule has 0 bridgehead atoms. The number of carbonyl (C=O) groups is 2. The second-order valence-corrected chi connectivity index (χ2v) is 4.23. The van der Waals surface area contributed by atoms with Gasteiger partial charge in [0.1, 0.15) is 6.04 Å². The number of carboxylic acid groups (broad SMARTS) is 2. The summed E-state index contributed by atoms with van der Waals surface area (Å²) in [5, 5.41) is 26.4. The van der Waals surface area contributed by atoms with Gasteiger partial charge in [0.15, 0.2) is 0 Å². The average Bonchev–Trinajstić information content (AvgIpc) is 2.00. The van der Waals surface area contributed by atoms with Crippen LogP contribution in [0.5, 0.6) is 0 Å². The first-order valence-electron chi connectivity index (χ1n) is 4.52. The fourth-order valence-electron chi connectivity index (χ4n) is 1.27. The van der Waals surface area contributed by atoms with Crippen LogP contribution >= 0.6 is 0 Å². The van der Waals surface area contributed by atoms with Crippen LogP contribution in [0, 0.1) is 0 Å². The summed E-state index contributed by atoms with van der Waals surface area (Å²) in [5.41, 5.74) is -0.635. The third-order valence-corrected chi connectivity index (χ3v) is 2.00. The van der Waals surface area contributed by atoms with Gasteiger partial charge in [0.2, 0.25) is 0 Å². The van der Waals surface area contributed by atoms with Crippen molar-refractivity contribution in [2.24, 2.45) is 0 Å². The van der Waals surface area contributed by atoms with Crippen molar-refractivity contribution >= 4 is 11.9 Å². The molecule has 15 heavy (non-hydrogen) atoms. The maximum absolute atomic E-state index is 10.8. The Kier molecular flexibility index (Phi) is 4.70. The van der Waals surface area contributed by atoms with Crippen molar-refractivity contribution in [2.75, 3.05) is 13.2 Å². The first kappa shape index (κ1) is 13.9. The summed E-state index contributed by atoms with van der Waals surface area (Å²) in [5.74, 6) is -2.35. The highest BCUT2D eigenvalue weighted by molar-refractivity contribution is 5.76. The molecule has 0 aliphatic rings. The molecule has 0 radical (unpaired) electrons. The van der Waals surface area contributed by atoms with Crippen LogP contribution in [0.4, 0.5) is 0 Å². The summed E-state index contributed by atoms with van der Waals surface area (Å²) < 4.78 is 0. The van der Waals surface area contributed by atoms with Crippen molar-refractivity contribution in [1.82, 2.24) is 4.90 Å². The van der Waals surface area contributed by atoms with Gasteiger partial charge in [0.25, 0.3) is 0 Å². The van der Waals surface area contributed by atoms with Crippen LogP contribution in [0.2, 0.25) is 0 Å². The molecule has 88 valence electrons. The smallest absolute Gasteiger partial charge is 0.323 e. The fourth-order valence-corrected chi connectivity index (χ4v) is 1.27. The minimum absolute atomic E-state index is 0.416. The van der Waals surface area contributed by atoms with Gasteiger partial charge in [-0.1, -0.05) is 0 Å². The predicted octanol–water partition coefficient (Wildman–Crippen LogP) is -0.383. The molecule has 0 heterocycles. The number of hydrogen-bond acceptors (Lipinski definition) is 4. The van der Waals surface area contributed by atoms with Gasteiger partial charge in [-0.05, 0) is 20.8 Å². The van der Waals surface area contributed by atoms with E-state index in [0.717, 1.165) is 0 Å². The Morgan fingerprint density at radius 3 is 1.93 bits per heavy atom. The highest BCUT2D eigenvalue weighted by Crippen LogP contribution is 2.16. The lowest BCUT2D eigenvalue weighted by molar-refractivity contribution is -0.151. The molecule has 0 aliphatic heterocycles. The SMILES string of the molecule is CC(C)(C)N(CC(=O)O)[C@H](CO)C(=O)O. The Labute approximate surface area is 88.1 Å². The van der Waals surface area contributed by atoms with Crippen LogP contribution in [-0.2, 0) is 9.59 Å². The molecule has 0 aromatic rings. The molecule has 3 N–H and O–H groups in total. The monoisotopic (exact) mass is 219 g/mol. The minimum atomic E-state index is -1.23. The zero-order chi connectivity index (χ0) is 12.2. The third-order valence-electron chi connectivity index (χ3n) is 2.00. The standard InChI is InChI=1S/C9H17NO5/c1-9(2,3)10(4-7(12)13)6(5-11)8(14)15/h6,11H,4-5H2,1-3H3,(H,12,13)(H,14,15)/t6-/m1/s1. The van der Waals surface area contributed by atoms with Gasteiger partial charge >= 0.3 is 11.9 Å². The largest absolute Gasteiger partial charge is 0.480 e. The van der Waals surface area contributed by atoms with Crippen LogP contribution in [0.1, 0.15) is 20.8 Å². The van der Waals surface area contributed by atoms with Crippen LogP contribution in [0.15, 0.2) is 0 Å². The van der Waals surface area contributed by atoms with E-state index >= 15 is 0 Å². The molecule has 0 rings (SSSR count). The van der Waals surface area contributed by atoms with Crippen LogP contribution < -0.4 is 0 Å². The molecule has 0 unspecified atom stereocenters. The maximum atomic E-state index is 10.8. The maximum Gasteiger partial charge on any atom is 0.323 e. The molecular formula is C9H17NO5. The van der Waals surface area contributed by atoms with E-state index in [1.807, 2.05) is 0 Å². The van der Waals surface area contributed by atoms with E-state index in [1.165, 1.54) is 4.90 Å². The number of aliphatic hydroxyl groups excluding tert-OH is 1. The number of aliphatic carboxylic acids is 2. The number of rotatable bonds is 5. The Morgan fingerprint density at radius 1 is 1.27 bits per heavy atom. The first-order chi connectivity index (χ1) is 6.70. The van der Waals surface area contributed by atoms with Crippen LogP contribution in [0.25, 0.3) is 0 Å². The van der Waals surface area contributed by atoms with Crippen molar-refractivity contribution in [3.05, 3.63) is 0 Å². The molecule has 0 aliphatic carbocycles. The molecule has 0 aromatic heterocycles. The third kappa shape index (κ3) is 4.26. The van der Waals surface area contributed by atoms with Crippen LogP contribution in [-0.4, -0.2) is 56.9 Å². The van der Waals surface area contributed by atoms with E-state index < -0.39 is 36.7 Å². The zero-order valence-electron chi connectivity index (χ0n) is 9.10. The average molecular weight is 219 g/mol. The number of aliphatic hydroxyl groups is 1. The van der Waals surface area contributed by atoms with Gasteiger partial charge in [-0.3, -0.25) is 14.5 Å². The van der Waals surface area contributed by atoms with Crippen LogP contribution in [0.3, 0.4) is 0 Å². The summed E-state index contributed by atoms with van der Waals surface area (Å²) in [4.78, 5) is 22.6. The Morgan fingerprint density at radius 2 is 1.73 bits per heavy atom. The zero-order valence-corrected chi connectivity index (χ0v) is 9.10. The number of nitrogens with zero attached hydrogens (tertiary/aromatic N) is 1. The number of carboxylic acids is 2. The lowest BCUT2D eigenvalue weighted by Gasteiger charge is -2.37. The summed E-state index contributed by atoms with van der Waals surface area (Å²) in [6.45, 7) is 4.06. The van der Waals surface area contributed by atoms with E-state index in [-0.39, 0.29) is 0 Å². The van der Waals surface area contributed by atoms with Crippen molar-refractivity contribution < 1.29 is 24.9 Å². The van der Waals surface area contributed by atoms with E-state index in [4.69, 9.17) is 15.3 Å². The van der Waals surface area contributed by atoms with E-state index in [9.17, 15) is 9.59 Å². The fraction of sp³-hybridized carbons (Fsp3) is 0.778. The molecule has 0 spiro atoms. The molecule has 0 saturated heterocycles. The molecule has 1 atom stereocenters. The van der Waals surface area contributed by atoms with E-state index in [2.05, 4.69) is 0 Å². The Balaban J connectivity index is 4.90. The summed E-state index contributed by atoms with van der Waals surface area (Å²) in [6, 6.07) is -1.19. The van der Waals surface area contributed by atoms with Gasteiger partial charge in [-0.25, -0.2) is 0 Å². The Bertz CT molecular complexity index is 245. The summed E-state index contributed by atoms with van der Waals surface area (Å²) >= 11 is 0. The van der Waals surface area contributed by atoms with Gasteiger partial charge in [-0.2, -0.15) is 0 Å². The molecular weight excluding hydrogens is 202 g/mol. The second-order valence-electron chi connectivity index (χ2n) is 4.23. The van der Waals surface area contributed by atoms with Crippen molar-refractivity contribution in [2.45, 2.75) is 32.4 Å². The van der Waals surface area contributed by atoms with E-state index in [1.54, 1.807) is 20.8 Å². The van der Waals surface area contributed by atoms with Crippen molar-refractivity contribution in [3.8, 4) is 0 Å². The van der Waals surface area contributed by atoms with E-state index in [0.29, 0.717) is 0 Å². The molecule has 0 fully saturated rings. The molecule has 0 saturated carbocycles. The lowest BCUT2D eigenvalue weighted by Crippen LogP contribution is -2.55. The van der Waals surface area contributed by atoms with Crippen molar-refractivity contribution in [3.63, 3.8) is 0 Å². The normalized spacial score (nSPS) is 13.9. The predicted molar refractivity (Wildman–Crippen MR) is 52.6 cm³/mol. The topological polar surface area (TPSA) is 98.1 Å². The lowest BCUT2D eigenvalue weighted by atomic mass is 10.0. The van der Waals surface area contributed by atoms with Crippen molar-refractivity contribution in [1.29, 1.82) is 0 Å². The highest BCUT2D eigenvalue weighted by atomic mass is 16.4. The summed E-state index contributed by atoms with van der Waals surface area (Å²) in [6.07, 6.45) is 0. The quantitative estimate of drug-likeness (QED) is 0.583. The second kappa shape index (κ2) is 5.09. The molecule has 6 nitrogen and oxygen atoms in total. The van der Waals surface area contributed by atoms with Gasteiger partial charge in [-0.15, -0.1) is 0 Å². The van der Waals surface area contributed by atoms with Gasteiger partial charge in [0.05, 0.1) is 13.2 Å². The number of hydrogen-bond donors (Lipinski definition) is 3. The molecule has 6 heteroatoms. The summed E-state index contributed by atoms with van der Waals surface area (Å²) in [7, 11) is 0. The van der Waals surface area contributed by atoms with Gasteiger partial charge < -0.3 is 15.3 Å². The molecule has 0 amide bonds. The highest BCUT2D eigenvalue weighted by Gasteiger charge is 2.34. The Hall–Kier alpha value is -1.14.